The standard InChI is InChI=1S/C26H32N2O3SSi/c1-19-17-28(25(30)27-24(19)29)23-16-15-20(32-23)18-31-33(26(2,3)4,21-11-7-5-8-12-21)22-13-9-6-10-14-22/h5-14,17,20,23H,15-16,18H2,1-4H3,(H,27,29,30)/t20-,23?/m1/s1. The van der Waals surface area contributed by atoms with E-state index in [1.807, 2.05) is 0 Å². The molecular formula is C26H32N2O3SSi. The summed E-state index contributed by atoms with van der Waals surface area (Å²) in [5.41, 5.74) is -0.0929. The van der Waals surface area contributed by atoms with E-state index in [9.17, 15) is 9.59 Å². The van der Waals surface area contributed by atoms with Crippen LogP contribution in [0.25, 0.3) is 0 Å². The summed E-state index contributed by atoms with van der Waals surface area (Å²) < 4.78 is 8.75. The number of nitrogens with one attached hydrogen (secondary N) is 1. The van der Waals surface area contributed by atoms with E-state index in [1.165, 1.54) is 10.4 Å². The summed E-state index contributed by atoms with van der Waals surface area (Å²) in [6.07, 6.45) is 3.53. The molecule has 1 aliphatic heterocycles. The van der Waals surface area contributed by atoms with Gasteiger partial charge < -0.3 is 4.43 Å². The Balaban J connectivity index is 1.62. The van der Waals surface area contributed by atoms with Gasteiger partial charge in [-0.05, 0) is 35.2 Å². The van der Waals surface area contributed by atoms with E-state index in [-0.39, 0.29) is 26.9 Å². The van der Waals surface area contributed by atoms with E-state index in [2.05, 4.69) is 86.4 Å². The van der Waals surface area contributed by atoms with Gasteiger partial charge in [-0.3, -0.25) is 14.3 Å². The number of thioether (sulfide) groups is 1. The van der Waals surface area contributed by atoms with E-state index in [0.29, 0.717) is 12.2 Å². The van der Waals surface area contributed by atoms with E-state index >= 15 is 0 Å². The molecular weight excluding hydrogens is 448 g/mol. The molecule has 0 amide bonds. The zero-order chi connectivity index (χ0) is 23.6. The molecule has 0 aliphatic carbocycles. The first-order chi connectivity index (χ1) is 15.7. The van der Waals surface area contributed by atoms with Crippen molar-refractivity contribution < 1.29 is 4.43 Å². The fourth-order valence-corrected chi connectivity index (χ4v) is 10.9. The second kappa shape index (κ2) is 9.48. The van der Waals surface area contributed by atoms with Crippen LogP contribution in [0.2, 0.25) is 5.04 Å². The summed E-state index contributed by atoms with van der Waals surface area (Å²) >= 11 is 1.77. The highest BCUT2D eigenvalue weighted by Gasteiger charge is 2.50. The first-order valence-electron chi connectivity index (χ1n) is 11.4. The highest BCUT2D eigenvalue weighted by Crippen LogP contribution is 2.42. The Morgan fingerprint density at radius 3 is 2.12 bits per heavy atom. The molecule has 174 valence electrons. The van der Waals surface area contributed by atoms with Crippen LogP contribution < -0.4 is 21.6 Å². The Hall–Kier alpha value is -2.35. The monoisotopic (exact) mass is 480 g/mol. The van der Waals surface area contributed by atoms with Crippen molar-refractivity contribution in [2.75, 3.05) is 6.61 Å². The number of hydrogen-bond donors (Lipinski definition) is 1. The van der Waals surface area contributed by atoms with Crippen LogP contribution in [0.15, 0.2) is 76.4 Å². The summed E-state index contributed by atoms with van der Waals surface area (Å²) in [7, 11) is -2.57. The lowest BCUT2D eigenvalue weighted by atomic mass is 10.2. The zero-order valence-corrected chi connectivity index (χ0v) is 21.5. The molecule has 1 aromatic heterocycles. The SMILES string of the molecule is Cc1cn(C2CC[C@H](CO[Si](c3ccccc3)(c3ccccc3)C(C)(C)C)S2)c(=O)[nH]c1=O. The van der Waals surface area contributed by atoms with Crippen LogP contribution in [0, 0.1) is 6.92 Å². The quantitative estimate of drug-likeness (QED) is 0.545. The number of nitrogens with zero attached hydrogens (tertiary/aromatic N) is 1. The average Bonchev–Trinajstić information content (AvgIpc) is 3.26. The third-order valence-electron chi connectivity index (χ3n) is 6.44. The molecule has 1 fully saturated rings. The minimum atomic E-state index is -2.57. The lowest BCUT2D eigenvalue weighted by Crippen LogP contribution is -2.67. The minimum Gasteiger partial charge on any atom is -0.406 e. The number of aryl methyl sites for hydroxylation is 1. The maximum absolute atomic E-state index is 12.4. The minimum absolute atomic E-state index is 0.0146. The van der Waals surface area contributed by atoms with Crippen LogP contribution in [0.5, 0.6) is 0 Å². The lowest BCUT2D eigenvalue weighted by Gasteiger charge is -2.43. The van der Waals surface area contributed by atoms with Crippen molar-refractivity contribution in [2.24, 2.45) is 0 Å². The van der Waals surface area contributed by atoms with Crippen LogP contribution in [-0.4, -0.2) is 29.7 Å². The van der Waals surface area contributed by atoms with Gasteiger partial charge in [0, 0.05) is 23.6 Å². The molecule has 0 bridgehead atoms. The second-order valence-electron chi connectivity index (χ2n) is 9.74. The first kappa shape index (κ1) is 23.8. The number of hydrogen-bond acceptors (Lipinski definition) is 4. The molecule has 2 heterocycles. The maximum atomic E-state index is 12.4. The molecule has 3 aromatic rings. The number of benzene rings is 2. The fraction of sp³-hybridized carbons (Fsp3) is 0.385. The Morgan fingerprint density at radius 2 is 1.58 bits per heavy atom. The molecule has 0 saturated carbocycles. The number of rotatable bonds is 6. The van der Waals surface area contributed by atoms with Gasteiger partial charge in [-0.2, -0.15) is 0 Å². The molecule has 1 aliphatic rings. The van der Waals surface area contributed by atoms with Gasteiger partial charge in [0.15, 0.2) is 0 Å². The summed E-state index contributed by atoms with van der Waals surface area (Å²) in [6, 6.07) is 21.3. The zero-order valence-electron chi connectivity index (χ0n) is 19.7. The van der Waals surface area contributed by atoms with E-state index in [0.717, 1.165) is 12.8 Å². The Morgan fingerprint density at radius 1 is 1.00 bits per heavy atom. The van der Waals surface area contributed by atoms with Gasteiger partial charge in [0.05, 0.1) is 5.37 Å². The van der Waals surface area contributed by atoms with Crippen LogP contribution in [0.1, 0.15) is 44.6 Å². The van der Waals surface area contributed by atoms with Crippen molar-refractivity contribution in [3.8, 4) is 0 Å². The lowest BCUT2D eigenvalue weighted by molar-refractivity contribution is 0.295. The highest BCUT2D eigenvalue weighted by molar-refractivity contribution is 8.00. The number of aromatic amines is 1. The van der Waals surface area contributed by atoms with Gasteiger partial charge >= 0.3 is 5.69 Å². The third kappa shape index (κ3) is 4.67. The summed E-state index contributed by atoms with van der Waals surface area (Å²) in [5, 5.41) is 2.79. The van der Waals surface area contributed by atoms with Crippen molar-refractivity contribution >= 4 is 30.5 Å². The van der Waals surface area contributed by atoms with E-state index in [4.69, 9.17) is 4.43 Å². The largest absolute Gasteiger partial charge is 0.406 e. The molecule has 2 atom stereocenters. The van der Waals surface area contributed by atoms with E-state index in [1.54, 1.807) is 29.4 Å². The van der Waals surface area contributed by atoms with Crippen molar-refractivity contribution in [1.29, 1.82) is 0 Å². The second-order valence-corrected chi connectivity index (χ2v) is 15.5. The van der Waals surface area contributed by atoms with Crippen LogP contribution >= 0.6 is 11.8 Å². The van der Waals surface area contributed by atoms with Gasteiger partial charge in [0.1, 0.15) is 0 Å². The van der Waals surface area contributed by atoms with Crippen molar-refractivity contribution in [3.63, 3.8) is 0 Å². The number of aromatic nitrogens is 2. The maximum Gasteiger partial charge on any atom is 0.329 e. The van der Waals surface area contributed by atoms with Crippen molar-refractivity contribution in [1.82, 2.24) is 9.55 Å². The van der Waals surface area contributed by atoms with E-state index < -0.39 is 8.32 Å². The fourth-order valence-electron chi connectivity index (χ4n) is 4.79. The summed E-state index contributed by atoms with van der Waals surface area (Å²) in [6.45, 7) is 9.22. The normalized spacial score (nSPS) is 19.0. The van der Waals surface area contributed by atoms with Crippen LogP contribution in [-0.2, 0) is 4.43 Å². The van der Waals surface area contributed by atoms with Gasteiger partial charge in [0.2, 0.25) is 0 Å². The Labute approximate surface area is 200 Å². The highest BCUT2D eigenvalue weighted by atomic mass is 32.2. The smallest absolute Gasteiger partial charge is 0.329 e. The predicted molar refractivity (Wildman–Crippen MR) is 139 cm³/mol. The molecule has 33 heavy (non-hydrogen) atoms. The molecule has 4 rings (SSSR count). The summed E-state index contributed by atoms with van der Waals surface area (Å²) in [5.74, 6) is 0. The third-order valence-corrected chi connectivity index (χ3v) is 13.0. The van der Waals surface area contributed by atoms with Crippen LogP contribution in [0.4, 0.5) is 0 Å². The topological polar surface area (TPSA) is 64.1 Å². The van der Waals surface area contributed by atoms with Gasteiger partial charge in [-0.25, -0.2) is 4.79 Å². The summed E-state index contributed by atoms with van der Waals surface area (Å²) in [4.78, 5) is 26.6. The molecule has 0 radical (unpaired) electrons. The molecule has 1 unspecified atom stereocenters. The number of H-pyrrole nitrogens is 1. The molecule has 2 aromatic carbocycles. The van der Waals surface area contributed by atoms with Crippen LogP contribution in [0.3, 0.4) is 0 Å². The molecule has 0 spiro atoms. The Bertz CT molecular complexity index is 1160. The van der Waals surface area contributed by atoms with Gasteiger partial charge in [-0.1, -0.05) is 81.4 Å². The average molecular weight is 481 g/mol. The van der Waals surface area contributed by atoms with Crippen molar-refractivity contribution in [2.45, 2.75) is 56.2 Å². The molecule has 1 saturated heterocycles. The molecule has 7 heteroatoms. The van der Waals surface area contributed by atoms with Crippen molar-refractivity contribution in [3.05, 3.63) is 93.3 Å². The van der Waals surface area contributed by atoms with Gasteiger partial charge in [0.25, 0.3) is 13.9 Å². The van der Waals surface area contributed by atoms with Gasteiger partial charge in [-0.15, -0.1) is 11.8 Å². The predicted octanol–water partition coefficient (Wildman–Crippen LogP) is 3.82. The molecule has 1 N–H and O–H groups in total. The first-order valence-corrected chi connectivity index (χ1v) is 14.3. The molecule has 5 nitrogen and oxygen atoms in total. The Kier molecular flexibility index (Phi) is 6.84.